The molecule has 6 nitrogen and oxygen atoms in total. The van der Waals surface area contributed by atoms with Gasteiger partial charge in [0.2, 0.25) is 0 Å². The molecule has 1 amide bonds. The fourth-order valence-corrected chi connectivity index (χ4v) is 2.89. The molecule has 1 atom stereocenters. The van der Waals surface area contributed by atoms with Crippen LogP contribution >= 0.6 is 23.2 Å². The van der Waals surface area contributed by atoms with Crippen molar-refractivity contribution in [3.63, 3.8) is 0 Å². The lowest BCUT2D eigenvalue weighted by atomic mass is 10.2. The zero-order chi connectivity index (χ0) is 21.0. The quantitative estimate of drug-likeness (QED) is 0.507. The van der Waals surface area contributed by atoms with Crippen molar-refractivity contribution >= 4 is 46.2 Å². The summed E-state index contributed by atoms with van der Waals surface area (Å²) in [6.45, 7) is 5.49. The lowest BCUT2D eigenvalue weighted by Gasteiger charge is -2.16. The summed E-state index contributed by atoms with van der Waals surface area (Å²) in [6, 6.07) is 9.18. The number of fused-ring (bicyclic) bond motifs is 1. The van der Waals surface area contributed by atoms with Crippen molar-refractivity contribution in [3.8, 4) is 5.75 Å². The van der Waals surface area contributed by atoms with Gasteiger partial charge in [-0.3, -0.25) is 4.79 Å². The predicted molar refractivity (Wildman–Crippen MR) is 111 cm³/mol. The van der Waals surface area contributed by atoms with Crippen LogP contribution in [0.5, 0.6) is 5.75 Å². The number of halogens is 3. The van der Waals surface area contributed by atoms with Crippen molar-refractivity contribution in [3.05, 3.63) is 64.5 Å². The van der Waals surface area contributed by atoms with Gasteiger partial charge < -0.3 is 19.8 Å². The molecule has 3 rings (SSSR count). The summed E-state index contributed by atoms with van der Waals surface area (Å²) >= 11 is 11.5. The Morgan fingerprint density at radius 1 is 1.31 bits per heavy atom. The van der Waals surface area contributed by atoms with Gasteiger partial charge in [-0.25, -0.2) is 4.39 Å². The number of nitrogens with zero attached hydrogens (tertiary/aromatic N) is 1. The lowest BCUT2D eigenvalue weighted by Crippen LogP contribution is -2.36. The van der Waals surface area contributed by atoms with Gasteiger partial charge in [0, 0.05) is 29.2 Å². The number of amides is 1. The third-order valence-corrected chi connectivity index (χ3v) is 4.40. The van der Waals surface area contributed by atoms with E-state index in [2.05, 4.69) is 22.2 Å². The van der Waals surface area contributed by atoms with Gasteiger partial charge in [-0.2, -0.15) is 4.98 Å². The predicted octanol–water partition coefficient (Wildman–Crippen LogP) is 5.17. The van der Waals surface area contributed by atoms with E-state index in [4.69, 9.17) is 32.4 Å². The Balaban J connectivity index is 1.46. The number of nitrogens with one attached hydrogen (secondary N) is 2. The number of oxazole rings is 1. The molecule has 0 bridgehead atoms. The normalized spacial score (nSPS) is 11.9. The molecule has 0 radical (unpaired) electrons. The number of ether oxygens (including phenoxy) is 1. The van der Waals surface area contributed by atoms with Gasteiger partial charge in [0.1, 0.15) is 17.1 Å². The van der Waals surface area contributed by atoms with E-state index in [0.717, 1.165) is 6.07 Å². The second-order valence-corrected chi connectivity index (χ2v) is 7.24. The van der Waals surface area contributed by atoms with Gasteiger partial charge >= 0.3 is 0 Å². The molecule has 29 heavy (non-hydrogen) atoms. The highest BCUT2D eigenvalue weighted by molar-refractivity contribution is 6.31. The Morgan fingerprint density at radius 3 is 2.86 bits per heavy atom. The number of aromatic nitrogens is 1. The molecule has 0 spiro atoms. The maximum absolute atomic E-state index is 13.4. The van der Waals surface area contributed by atoms with Crippen LogP contribution in [0.15, 0.2) is 53.1 Å². The summed E-state index contributed by atoms with van der Waals surface area (Å²) in [6.07, 6.45) is 0.431. The van der Waals surface area contributed by atoms with Gasteiger partial charge in [0.25, 0.3) is 11.9 Å². The van der Waals surface area contributed by atoms with Crippen LogP contribution in [0.2, 0.25) is 10.0 Å². The molecule has 152 valence electrons. The summed E-state index contributed by atoms with van der Waals surface area (Å²) in [7, 11) is 0. The van der Waals surface area contributed by atoms with Crippen LogP contribution in [0, 0.1) is 5.82 Å². The van der Waals surface area contributed by atoms with E-state index in [-0.39, 0.29) is 29.3 Å². The van der Waals surface area contributed by atoms with Crippen molar-refractivity contribution in [2.45, 2.75) is 19.4 Å². The van der Waals surface area contributed by atoms with E-state index < -0.39 is 5.82 Å². The standard InChI is InChI=1S/C20H18Cl2FN3O3/c1-11(24-19(27)10-28-14-4-5-15(22)16(23)9-14)7-12(2)25-20-26-17-8-13(21)3-6-18(17)29-20/h3-6,8-9,11H,2,7,10H2,1H3,(H,24,27)(H,25,26). The Hall–Kier alpha value is -2.77. The van der Waals surface area contributed by atoms with Gasteiger partial charge in [-0.1, -0.05) is 29.8 Å². The Morgan fingerprint density at radius 2 is 2.10 bits per heavy atom. The summed E-state index contributed by atoms with van der Waals surface area (Å²) in [5, 5.41) is 6.30. The number of benzene rings is 2. The third-order valence-electron chi connectivity index (χ3n) is 3.85. The molecule has 3 aromatic rings. The smallest absolute Gasteiger partial charge is 0.299 e. The molecular formula is C20H18Cl2FN3O3. The average Bonchev–Trinajstić information content (AvgIpc) is 3.03. The highest BCUT2D eigenvalue weighted by Crippen LogP contribution is 2.23. The van der Waals surface area contributed by atoms with Crippen LogP contribution < -0.4 is 15.4 Å². The van der Waals surface area contributed by atoms with Gasteiger partial charge in [0.15, 0.2) is 12.2 Å². The molecule has 0 aliphatic carbocycles. The van der Waals surface area contributed by atoms with E-state index in [1.165, 1.54) is 12.1 Å². The van der Waals surface area contributed by atoms with E-state index >= 15 is 0 Å². The molecule has 0 aliphatic rings. The number of hydrogen-bond acceptors (Lipinski definition) is 5. The number of carbonyl (C=O) groups is 1. The first kappa shape index (κ1) is 21.0. The second-order valence-electron chi connectivity index (χ2n) is 6.40. The highest BCUT2D eigenvalue weighted by atomic mass is 35.5. The maximum atomic E-state index is 13.4. The first-order chi connectivity index (χ1) is 13.8. The van der Waals surface area contributed by atoms with Gasteiger partial charge in [-0.05, 0) is 37.3 Å². The van der Waals surface area contributed by atoms with Gasteiger partial charge in [0.05, 0.1) is 5.02 Å². The van der Waals surface area contributed by atoms with Crippen molar-refractivity contribution < 1.29 is 18.3 Å². The SMILES string of the molecule is C=C(CC(C)NC(=O)COc1ccc(Cl)c(F)c1)Nc1nc2cc(Cl)ccc2o1. The van der Waals surface area contributed by atoms with Crippen LogP contribution in [-0.4, -0.2) is 23.5 Å². The topological polar surface area (TPSA) is 76.4 Å². The summed E-state index contributed by atoms with van der Waals surface area (Å²) < 4.78 is 24.2. The molecule has 1 aromatic heterocycles. The minimum atomic E-state index is -0.609. The molecule has 2 aromatic carbocycles. The minimum absolute atomic E-state index is 0.0107. The van der Waals surface area contributed by atoms with Crippen LogP contribution in [0.1, 0.15) is 13.3 Å². The Labute approximate surface area is 176 Å². The number of hydrogen-bond donors (Lipinski definition) is 2. The molecule has 0 saturated carbocycles. The third kappa shape index (κ3) is 5.85. The van der Waals surface area contributed by atoms with Crippen molar-refractivity contribution in [1.29, 1.82) is 0 Å². The monoisotopic (exact) mass is 437 g/mol. The van der Waals surface area contributed by atoms with E-state index in [0.29, 0.717) is 34.3 Å². The second kappa shape index (κ2) is 9.15. The van der Waals surface area contributed by atoms with Crippen LogP contribution in [0.3, 0.4) is 0 Å². The average molecular weight is 438 g/mol. The largest absolute Gasteiger partial charge is 0.484 e. The molecule has 1 unspecified atom stereocenters. The van der Waals surface area contributed by atoms with Crippen molar-refractivity contribution in [1.82, 2.24) is 10.3 Å². The zero-order valence-electron chi connectivity index (χ0n) is 15.5. The summed E-state index contributed by atoms with van der Waals surface area (Å²) in [5.41, 5.74) is 1.84. The zero-order valence-corrected chi connectivity index (χ0v) is 17.0. The first-order valence-electron chi connectivity index (χ1n) is 8.68. The lowest BCUT2D eigenvalue weighted by molar-refractivity contribution is -0.123. The number of carbonyl (C=O) groups excluding carboxylic acids is 1. The molecule has 0 fully saturated rings. The summed E-state index contributed by atoms with van der Waals surface area (Å²) in [4.78, 5) is 16.3. The highest BCUT2D eigenvalue weighted by Gasteiger charge is 2.12. The van der Waals surface area contributed by atoms with Crippen LogP contribution in [0.4, 0.5) is 10.4 Å². The number of anilines is 1. The molecule has 9 heteroatoms. The molecule has 0 aliphatic heterocycles. The summed E-state index contributed by atoms with van der Waals surface area (Å²) in [5.74, 6) is -0.740. The first-order valence-corrected chi connectivity index (χ1v) is 9.44. The van der Waals surface area contributed by atoms with E-state index in [1.54, 1.807) is 18.2 Å². The fraction of sp³-hybridized carbons (Fsp3) is 0.200. The van der Waals surface area contributed by atoms with Crippen molar-refractivity contribution in [2.24, 2.45) is 0 Å². The Bertz CT molecular complexity index is 1050. The van der Waals surface area contributed by atoms with Crippen molar-refractivity contribution in [2.75, 3.05) is 11.9 Å². The van der Waals surface area contributed by atoms with Crippen LogP contribution in [0.25, 0.3) is 11.1 Å². The molecule has 2 N–H and O–H groups in total. The fourth-order valence-electron chi connectivity index (χ4n) is 2.61. The number of rotatable bonds is 8. The molecule has 0 saturated heterocycles. The maximum Gasteiger partial charge on any atom is 0.299 e. The molecular weight excluding hydrogens is 420 g/mol. The molecule has 1 heterocycles. The minimum Gasteiger partial charge on any atom is -0.484 e. The Kier molecular flexibility index (Phi) is 6.61. The van der Waals surface area contributed by atoms with E-state index in [9.17, 15) is 9.18 Å². The van der Waals surface area contributed by atoms with E-state index in [1.807, 2.05) is 6.92 Å². The van der Waals surface area contributed by atoms with Gasteiger partial charge in [-0.15, -0.1) is 0 Å². The van der Waals surface area contributed by atoms with Crippen LogP contribution in [-0.2, 0) is 4.79 Å².